The van der Waals surface area contributed by atoms with Gasteiger partial charge in [0.2, 0.25) is 0 Å². The highest BCUT2D eigenvalue weighted by atomic mass is 32.1. The molecule has 2 aromatic carbocycles. The van der Waals surface area contributed by atoms with Crippen LogP contribution in [0.15, 0.2) is 30.3 Å². The van der Waals surface area contributed by atoms with Gasteiger partial charge in [0.1, 0.15) is 5.82 Å². The van der Waals surface area contributed by atoms with Crippen LogP contribution in [0.1, 0.15) is 26.3 Å². The first-order valence-corrected chi connectivity index (χ1v) is 8.81. The van der Waals surface area contributed by atoms with Crippen molar-refractivity contribution in [3.8, 4) is 11.6 Å². The fourth-order valence-corrected chi connectivity index (χ4v) is 3.75. The number of thiol groups is 1. The molecular weight excluding hydrogens is 309 g/mol. The van der Waals surface area contributed by atoms with Crippen molar-refractivity contribution < 1.29 is 4.39 Å². The summed E-state index contributed by atoms with van der Waals surface area (Å²) in [6.07, 6.45) is 0.886. The summed E-state index contributed by atoms with van der Waals surface area (Å²) in [5.74, 6) is 2.83. The molecule has 2 atom stereocenters. The molecule has 0 amide bonds. The van der Waals surface area contributed by atoms with Crippen LogP contribution in [0.25, 0.3) is 10.8 Å². The van der Waals surface area contributed by atoms with Gasteiger partial charge < -0.3 is 0 Å². The van der Waals surface area contributed by atoms with E-state index in [0.717, 1.165) is 22.6 Å². The van der Waals surface area contributed by atoms with E-state index in [2.05, 4.69) is 39.6 Å². The van der Waals surface area contributed by atoms with Gasteiger partial charge in [-0.1, -0.05) is 61.5 Å². The summed E-state index contributed by atoms with van der Waals surface area (Å²) < 4.78 is 14.1. The van der Waals surface area contributed by atoms with Gasteiger partial charge >= 0.3 is 0 Å². The Kier molecular flexibility index (Phi) is 4.04. The molecule has 111 valence electrons. The van der Waals surface area contributed by atoms with Crippen LogP contribution < -0.4 is 5.46 Å². The molecular formula is C18H18BFPS. The molecule has 0 saturated heterocycles. The molecule has 2 unspecified atom stereocenters. The van der Waals surface area contributed by atoms with Crippen molar-refractivity contribution in [3.05, 3.63) is 41.7 Å². The van der Waals surface area contributed by atoms with Crippen molar-refractivity contribution in [1.82, 2.24) is 0 Å². The first kappa shape index (κ1) is 15.9. The zero-order valence-electron chi connectivity index (χ0n) is 13.0. The van der Waals surface area contributed by atoms with Crippen LogP contribution in [0.5, 0.6) is 0 Å². The Morgan fingerprint density at radius 1 is 1.23 bits per heavy atom. The van der Waals surface area contributed by atoms with Crippen molar-refractivity contribution in [2.45, 2.75) is 31.6 Å². The van der Waals surface area contributed by atoms with Gasteiger partial charge in [-0.3, -0.25) is 0 Å². The van der Waals surface area contributed by atoms with Gasteiger partial charge in [-0.25, -0.2) is 4.39 Å². The molecule has 0 aromatic heterocycles. The van der Waals surface area contributed by atoms with Crippen molar-refractivity contribution in [2.75, 3.05) is 0 Å². The molecule has 1 aliphatic rings. The quantitative estimate of drug-likeness (QED) is 0.315. The third kappa shape index (κ3) is 2.68. The van der Waals surface area contributed by atoms with Crippen molar-refractivity contribution in [1.29, 1.82) is 0 Å². The third-order valence-electron chi connectivity index (χ3n) is 4.67. The Morgan fingerprint density at radius 3 is 2.77 bits per heavy atom. The molecule has 0 bridgehead atoms. The van der Waals surface area contributed by atoms with E-state index in [1.807, 2.05) is 24.3 Å². The highest BCUT2D eigenvalue weighted by Gasteiger charge is 2.37. The summed E-state index contributed by atoms with van der Waals surface area (Å²) in [7, 11) is 2.56. The zero-order valence-corrected chi connectivity index (χ0v) is 14.9. The summed E-state index contributed by atoms with van der Waals surface area (Å²) in [6.45, 7) is 6.57. The Bertz CT molecular complexity index is 802. The number of hydrogen-bond donors (Lipinski definition) is 1. The lowest BCUT2D eigenvalue weighted by Gasteiger charge is -2.40. The highest BCUT2D eigenvalue weighted by molar-refractivity contribution is 7.89. The minimum atomic E-state index is -0.244. The van der Waals surface area contributed by atoms with Gasteiger partial charge in [-0.05, 0) is 37.8 Å². The fourth-order valence-electron chi connectivity index (χ4n) is 2.62. The topological polar surface area (TPSA) is 0 Å². The van der Waals surface area contributed by atoms with E-state index < -0.39 is 0 Å². The SMILES string of the molecule is CC1(C)C[B]c2cccc3ccc(F)c(c23)C#CPC1(C)S. The van der Waals surface area contributed by atoms with E-state index >= 15 is 0 Å². The summed E-state index contributed by atoms with van der Waals surface area (Å²) in [5.41, 5.74) is 4.77. The Hall–Kier alpha value is -0.965. The van der Waals surface area contributed by atoms with Gasteiger partial charge in [0.15, 0.2) is 7.28 Å². The number of halogens is 1. The average molecular weight is 327 g/mol. The second kappa shape index (κ2) is 5.59. The fraction of sp³-hybridized carbons (Fsp3) is 0.333. The molecule has 0 saturated carbocycles. The Balaban J connectivity index is 2.26. The molecule has 0 aliphatic carbocycles. The maximum atomic E-state index is 14.3. The molecule has 1 radical (unpaired) electrons. The second-order valence-corrected chi connectivity index (χ2v) is 9.42. The highest BCUT2D eigenvalue weighted by Crippen LogP contribution is 2.50. The first-order valence-electron chi connectivity index (χ1n) is 7.37. The summed E-state index contributed by atoms with van der Waals surface area (Å²) in [5, 5.41) is 1.97. The van der Waals surface area contributed by atoms with E-state index in [-0.39, 0.29) is 15.7 Å². The van der Waals surface area contributed by atoms with E-state index in [1.165, 1.54) is 6.07 Å². The second-order valence-electron chi connectivity index (χ2n) is 6.61. The number of hydrogen-bond acceptors (Lipinski definition) is 1. The van der Waals surface area contributed by atoms with Crippen LogP contribution in [-0.4, -0.2) is 11.8 Å². The van der Waals surface area contributed by atoms with Gasteiger partial charge in [-0.15, -0.1) is 0 Å². The minimum Gasteiger partial charge on any atom is -0.206 e. The lowest BCUT2D eigenvalue weighted by Crippen LogP contribution is -2.35. The Labute approximate surface area is 139 Å². The smallest absolute Gasteiger partial charge is 0.153 e. The maximum Gasteiger partial charge on any atom is 0.153 e. The van der Waals surface area contributed by atoms with E-state index in [1.54, 1.807) is 0 Å². The summed E-state index contributed by atoms with van der Waals surface area (Å²) >= 11 is 4.85. The minimum absolute atomic E-state index is 0.0101. The van der Waals surface area contributed by atoms with Gasteiger partial charge in [0.05, 0.1) is 5.56 Å². The molecule has 4 heteroatoms. The first-order chi connectivity index (χ1) is 10.3. The van der Waals surface area contributed by atoms with Crippen LogP contribution in [0.3, 0.4) is 0 Å². The van der Waals surface area contributed by atoms with Crippen molar-refractivity contribution in [2.24, 2.45) is 5.41 Å². The number of rotatable bonds is 0. The average Bonchev–Trinajstić information content (AvgIpc) is 2.46. The summed E-state index contributed by atoms with van der Waals surface area (Å²) in [4.78, 5) is 0. The lowest BCUT2D eigenvalue weighted by atomic mass is 9.57. The maximum absolute atomic E-state index is 14.3. The lowest BCUT2D eigenvalue weighted by molar-refractivity contribution is 0.384. The van der Waals surface area contributed by atoms with Gasteiger partial charge in [0.25, 0.3) is 0 Å². The largest absolute Gasteiger partial charge is 0.206 e. The van der Waals surface area contributed by atoms with Gasteiger partial charge in [0, 0.05) is 4.49 Å². The van der Waals surface area contributed by atoms with E-state index in [0.29, 0.717) is 14.1 Å². The third-order valence-corrected chi connectivity index (χ3v) is 7.02. The molecule has 1 heterocycles. The predicted octanol–water partition coefficient (Wildman–Crippen LogP) is 4.40. The zero-order chi connectivity index (χ0) is 16.0. The molecule has 1 aliphatic heterocycles. The molecule has 0 spiro atoms. The molecule has 22 heavy (non-hydrogen) atoms. The summed E-state index contributed by atoms with van der Waals surface area (Å²) in [6, 6.07) is 9.41. The normalized spacial score (nSPS) is 24.4. The van der Waals surface area contributed by atoms with Crippen LogP contribution in [0.2, 0.25) is 6.32 Å². The van der Waals surface area contributed by atoms with Crippen LogP contribution in [-0.2, 0) is 0 Å². The standard InChI is InChI=1S/C18H18BFPS/c1-17(2)11-19-14-6-4-5-12-7-8-15(20)13(16(12)14)9-10-21-18(17,3)22/h4-8,21-22H,11H2,1-3H3. The monoisotopic (exact) mass is 327 g/mol. The molecule has 0 fully saturated rings. The molecule has 3 rings (SSSR count). The molecule has 2 aromatic rings. The van der Waals surface area contributed by atoms with Crippen LogP contribution in [0, 0.1) is 22.8 Å². The van der Waals surface area contributed by atoms with Gasteiger partial charge in [-0.2, -0.15) is 12.6 Å². The van der Waals surface area contributed by atoms with Crippen LogP contribution in [0.4, 0.5) is 4.39 Å². The molecule has 0 nitrogen and oxygen atoms in total. The predicted molar refractivity (Wildman–Crippen MR) is 100 cm³/mol. The Morgan fingerprint density at radius 2 is 2.00 bits per heavy atom. The van der Waals surface area contributed by atoms with E-state index in [4.69, 9.17) is 12.6 Å². The molecule has 0 N–H and O–H groups in total. The number of benzene rings is 2. The van der Waals surface area contributed by atoms with E-state index in [9.17, 15) is 4.39 Å². The van der Waals surface area contributed by atoms with Crippen molar-refractivity contribution >= 4 is 44.7 Å². The van der Waals surface area contributed by atoms with Crippen molar-refractivity contribution in [3.63, 3.8) is 0 Å². The van der Waals surface area contributed by atoms with Crippen LogP contribution >= 0.6 is 21.2 Å².